The van der Waals surface area contributed by atoms with Crippen LogP contribution in [0.5, 0.6) is 5.75 Å². The van der Waals surface area contributed by atoms with E-state index in [4.69, 9.17) is 21.3 Å². The predicted octanol–water partition coefficient (Wildman–Crippen LogP) is 6.07. The molecule has 6 aromatic rings. The van der Waals surface area contributed by atoms with E-state index in [1.807, 2.05) is 31.4 Å². The first-order chi connectivity index (χ1) is 36.6. The molecular weight excluding hydrogens is 1010 g/mol. The quantitative estimate of drug-likeness (QED) is 0.0884. The van der Waals surface area contributed by atoms with Crippen LogP contribution in [0.3, 0.4) is 0 Å². The topological polar surface area (TPSA) is 216 Å². The van der Waals surface area contributed by atoms with Gasteiger partial charge in [-0.15, -0.1) is 0 Å². The van der Waals surface area contributed by atoms with E-state index >= 15 is 4.39 Å². The molecule has 5 aliphatic heterocycles. The van der Waals surface area contributed by atoms with Crippen molar-refractivity contribution in [1.29, 1.82) is 0 Å². The SMILES string of the molecule is COc1cc(N2CC[C@@H](N3CCN(CC4CCN(c5ccc6c(c5)C(=O)N(C5CCC(=O)NC5=O)C6=O)CC4)CC3)[C@H](F)C2)c(-c2cnn(C)c2)cc1Nc1ncc(Cl)c(Nc2ccc3nccnc3c2P(C)(C)=O)n1. The van der Waals surface area contributed by atoms with Crippen LogP contribution in [0.4, 0.5) is 38.9 Å². The molecule has 8 heterocycles. The Labute approximate surface area is 443 Å². The molecule has 3 aromatic heterocycles. The molecule has 3 aromatic carbocycles. The molecule has 23 heteroatoms. The number of fused-ring (bicyclic) bond motifs is 2. The highest BCUT2D eigenvalue weighted by molar-refractivity contribution is 7.71. The van der Waals surface area contributed by atoms with Gasteiger partial charge in [0.2, 0.25) is 17.8 Å². The van der Waals surface area contributed by atoms with Gasteiger partial charge in [-0.05, 0) is 81.3 Å². The van der Waals surface area contributed by atoms with Gasteiger partial charge >= 0.3 is 0 Å². The third-order valence-electron chi connectivity index (χ3n) is 15.4. The number of ether oxygens (including phenoxy) is 1. The number of alkyl halides is 1. The highest BCUT2D eigenvalue weighted by Gasteiger charge is 2.45. The van der Waals surface area contributed by atoms with Gasteiger partial charge in [-0.1, -0.05) is 11.6 Å². The fourth-order valence-electron chi connectivity index (χ4n) is 11.5. The summed E-state index contributed by atoms with van der Waals surface area (Å²) in [4.78, 5) is 79.2. The number of benzene rings is 3. The Hall–Kier alpha value is -7.06. The number of aryl methyl sites for hydroxylation is 1. The lowest BCUT2D eigenvalue weighted by atomic mass is 9.94. The largest absolute Gasteiger partial charge is 0.494 e. The molecule has 4 saturated heterocycles. The van der Waals surface area contributed by atoms with Gasteiger partial charge in [-0.25, -0.2) is 9.37 Å². The average Bonchev–Trinajstić information content (AvgIpc) is 4.00. The number of halogens is 2. The van der Waals surface area contributed by atoms with Crippen molar-refractivity contribution in [3.63, 3.8) is 0 Å². The first-order valence-electron chi connectivity index (χ1n) is 25.6. The summed E-state index contributed by atoms with van der Waals surface area (Å²) in [6.07, 6.45) is 10.0. The second-order valence-corrected chi connectivity index (χ2v) is 24.2. The summed E-state index contributed by atoms with van der Waals surface area (Å²) >= 11 is 6.67. The number of hydrogen-bond donors (Lipinski definition) is 3. The predicted molar refractivity (Wildman–Crippen MR) is 289 cm³/mol. The molecule has 4 fully saturated rings. The number of anilines is 6. The minimum atomic E-state index is -2.87. The minimum absolute atomic E-state index is 0.0756. The van der Waals surface area contributed by atoms with Crippen LogP contribution in [0.25, 0.3) is 22.2 Å². The summed E-state index contributed by atoms with van der Waals surface area (Å²) in [7, 11) is 0.571. The molecule has 0 aliphatic carbocycles. The molecule has 0 saturated carbocycles. The van der Waals surface area contributed by atoms with Crippen LogP contribution >= 0.6 is 18.7 Å². The monoisotopic (exact) mass is 1070 g/mol. The number of piperazine rings is 1. The Bertz CT molecular complexity index is 3320. The highest BCUT2D eigenvalue weighted by atomic mass is 35.5. The maximum absolute atomic E-state index is 16.7. The molecule has 1 unspecified atom stereocenters. The molecule has 4 amide bonds. The second kappa shape index (κ2) is 20.8. The van der Waals surface area contributed by atoms with Crippen LogP contribution in [-0.4, -0.2) is 166 Å². The van der Waals surface area contributed by atoms with Crippen molar-refractivity contribution < 1.29 is 32.9 Å². The minimum Gasteiger partial charge on any atom is -0.494 e. The number of aromatic nitrogens is 6. The van der Waals surface area contributed by atoms with Crippen LogP contribution in [0.1, 0.15) is 52.8 Å². The normalized spacial score (nSPS) is 21.1. The summed E-state index contributed by atoms with van der Waals surface area (Å²) in [6.45, 7) is 10.1. The molecule has 396 valence electrons. The zero-order valence-corrected chi connectivity index (χ0v) is 44.4. The molecule has 3 N–H and O–H groups in total. The maximum atomic E-state index is 16.7. The van der Waals surface area contributed by atoms with Crippen molar-refractivity contribution in [2.45, 2.75) is 50.4 Å². The van der Waals surface area contributed by atoms with Crippen molar-refractivity contribution in [3.05, 3.63) is 89.6 Å². The molecule has 3 atom stereocenters. The number of methoxy groups -OCH3 is 1. The lowest BCUT2D eigenvalue weighted by Crippen LogP contribution is -2.58. The van der Waals surface area contributed by atoms with Gasteiger partial charge in [0.05, 0.1) is 59.4 Å². The average molecular weight is 1070 g/mol. The molecule has 0 bridgehead atoms. The number of imide groups is 2. The molecule has 0 spiro atoms. The van der Waals surface area contributed by atoms with Gasteiger partial charge in [0.15, 0.2) is 5.82 Å². The van der Waals surface area contributed by atoms with Gasteiger partial charge in [-0.2, -0.15) is 10.1 Å². The summed E-state index contributed by atoms with van der Waals surface area (Å²) in [5.74, 6) is -0.529. The Morgan fingerprint density at radius 1 is 0.829 bits per heavy atom. The summed E-state index contributed by atoms with van der Waals surface area (Å²) in [6, 6.07) is 11.6. The molecule has 20 nitrogen and oxygen atoms in total. The van der Waals surface area contributed by atoms with E-state index in [1.165, 1.54) is 6.20 Å². The van der Waals surface area contributed by atoms with E-state index in [0.717, 1.165) is 86.1 Å². The van der Waals surface area contributed by atoms with Crippen LogP contribution in [0, 0.1) is 5.92 Å². The van der Waals surface area contributed by atoms with Gasteiger partial charge < -0.3 is 34.6 Å². The van der Waals surface area contributed by atoms with E-state index in [-0.39, 0.29) is 47.8 Å². The fourth-order valence-corrected chi connectivity index (χ4v) is 13.0. The number of piperidine rings is 3. The number of carbonyl (C=O) groups excluding carboxylic acids is 4. The molecule has 5 aliphatic rings. The first kappa shape index (κ1) is 51.1. The summed E-state index contributed by atoms with van der Waals surface area (Å²) < 4.78 is 38.0. The Balaban J connectivity index is 0.711. The Morgan fingerprint density at radius 2 is 1.59 bits per heavy atom. The molecule has 0 radical (unpaired) electrons. The first-order valence-corrected chi connectivity index (χ1v) is 28.6. The fraction of sp³-hybridized carbons (Fsp3) is 0.415. The smallest absolute Gasteiger partial charge is 0.262 e. The van der Waals surface area contributed by atoms with Gasteiger partial charge in [0.1, 0.15) is 35.6 Å². The number of nitrogens with one attached hydrogen (secondary N) is 3. The third kappa shape index (κ3) is 10.1. The van der Waals surface area contributed by atoms with Gasteiger partial charge in [-0.3, -0.25) is 48.9 Å². The van der Waals surface area contributed by atoms with Gasteiger partial charge in [0.25, 0.3) is 11.8 Å². The second-order valence-electron chi connectivity index (χ2n) is 20.6. The van der Waals surface area contributed by atoms with Crippen molar-refractivity contribution in [1.82, 2.24) is 49.7 Å². The lowest BCUT2D eigenvalue weighted by molar-refractivity contribution is -0.136. The van der Waals surface area contributed by atoms with Crippen LogP contribution in [0.15, 0.2) is 73.4 Å². The van der Waals surface area contributed by atoms with E-state index in [1.54, 1.807) is 68.0 Å². The molecular formula is C53H59ClFN14O6P. The number of hydrogen-bond acceptors (Lipinski definition) is 17. The maximum Gasteiger partial charge on any atom is 0.262 e. The number of amides is 4. The van der Waals surface area contributed by atoms with Crippen molar-refractivity contribution in [2.24, 2.45) is 13.0 Å². The zero-order chi connectivity index (χ0) is 53.0. The summed E-state index contributed by atoms with van der Waals surface area (Å²) in [5.41, 5.74) is 6.19. The van der Waals surface area contributed by atoms with E-state index < -0.39 is 43.0 Å². The number of nitrogens with zero attached hydrogens (tertiary/aromatic N) is 11. The van der Waals surface area contributed by atoms with Gasteiger partial charge in [0, 0.05) is 119 Å². The Kier molecular flexibility index (Phi) is 14.0. The van der Waals surface area contributed by atoms with E-state index in [2.05, 4.69) is 55.6 Å². The Morgan fingerprint density at radius 3 is 2.32 bits per heavy atom. The molecule has 11 rings (SSSR count). The van der Waals surface area contributed by atoms with Crippen LogP contribution in [-0.2, 0) is 21.2 Å². The van der Waals surface area contributed by atoms with Crippen molar-refractivity contribution in [3.8, 4) is 16.9 Å². The zero-order valence-electron chi connectivity index (χ0n) is 42.7. The van der Waals surface area contributed by atoms with Crippen LogP contribution in [0.2, 0.25) is 5.02 Å². The lowest BCUT2D eigenvalue weighted by Gasteiger charge is -2.45. The van der Waals surface area contributed by atoms with E-state index in [0.29, 0.717) is 57.9 Å². The van der Waals surface area contributed by atoms with Crippen molar-refractivity contribution in [2.75, 3.05) is 99.8 Å². The number of rotatable bonds is 13. The highest BCUT2D eigenvalue weighted by Crippen LogP contribution is 2.44. The number of carbonyl (C=O) groups is 4. The van der Waals surface area contributed by atoms with E-state index in [9.17, 15) is 23.7 Å². The van der Waals surface area contributed by atoms with Crippen molar-refractivity contribution >= 4 is 93.2 Å². The third-order valence-corrected chi connectivity index (χ3v) is 17.2. The summed E-state index contributed by atoms with van der Waals surface area (Å²) in [5, 5.41) is 14.1. The molecule has 76 heavy (non-hydrogen) atoms. The van der Waals surface area contributed by atoms with Crippen LogP contribution < -0.4 is 35.8 Å². The standard InChI is InChI=1S/C53H59ClFN14O6P/c1-64-29-32(26-59-64)35-24-41(61-53-58-27-37(54)49(63-53)60-40-8-7-39-47(57-15-14-56-39)48(40)76(3,4)74)45(75-2)25-44(35)68-18-13-42(38(55)30-68)67-21-19-65(20-22-67)28-31-11-16-66(17-12-31)33-5-6-34-36(23-33)52(73)69(51(34)72)43-9-10-46(70)62-50(43)71/h5-8,14-15,23-27,29,31,38,42-43H,9-13,16-22,28,30H2,1-4H3,(H,62,70,71)(H2,58,60,61,63)/t38-,42-,43?/m1/s1.